The first kappa shape index (κ1) is 19.6. The smallest absolute Gasteiger partial charge is 0.274 e. The van der Waals surface area contributed by atoms with Crippen LogP contribution in [0.15, 0.2) is 30.5 Å². The molecule has 1 amide bonds. The summed E-state index contributed by atoms with van der Waals surface area (Å²) in [6, 6.07) is 7.39. The average molecular weight is 389 g/mol. The van der Waals surface area contributed by atoms with E-state index in [1.165, 1.54) is 0 Å². The van der Waals surface area contributed by atoms with E-state index in [1.807, 2.05) is 32.0 Å². The zero-order valence-electron chi connectivity index (χ0n) is 15.7. The van der Waals surface area contributed by atoms with Crippen LogP contribution in [0.25, 0.3) is 0 Å². The molecule has 1 aromatic heterocycles. The molecule has 1 fully saturated rings. The predicted octanol–water partition coefficient (Wildman–Crippen LogP) is 3.35. The minimum atomic E-state index is -0.274. The molecule has 2 aromatic rings. The van der Waals surface area contributed by atoms with E-state index in [-0.39, 0.29) is 5.91 Å². The maximum absolute atomic E-state index is 12.5. The van der Waals surface area contributed by atoms with Crippen LogP contribution in [0.1, 0.15) is 21.6 Å². The number of aryl methyl sites for hydroxylation is 2. The molecular weight excluding hydrogens is 364 g/mol. The highest BCUT2D eigenvalue weighted by atomic mass is 35.5. The van der Waals surface area contributed by atoms with E-state index in [0.29, 0.717) is 16.4 Å². The standard InChI is InChI=1S/C20H25ClN4O2/c1-14-11-15(2)19(17(21)12-14)24-20(26)18-4-3-16(13-23-18)22-5-6-25-7-9-27-10-8-25/h3-4,11-13,22H,5-10H2,1-2H3,(H,24,26). The first-order valence-electron chi connectivity index (χ1n) is 9.11. The summed E-state index contributed by atoms with van der Waals surface area (Å²) >= 11 is 6.26. The summed E-state index contributed by atoms with van der Waals surface area (Å²) in [5, 5.41) is 6.72. The molecule has 2 N–H and O–H groups in total. The molecule has 0 atom stereocenters. The van der Waals surface area contributed by atoms with E-state index in [9.17, 15) is 4.79 Å². The van der Waals surface area contributed by atoms with E-state index < -0.39 is 0 Å². The molecule has 1 aliphatic heterocycles. The Kier molecular flexibility index (Phi) is 6.66. The van der Waals surface area contributed by atoms with Crippen molar-refractivity contribution in [2.45, 2.75) is 13.8 Å². The molecule has 2 heterocycles. The van der Waals surface area contributed by atoms with Gasteiger partial charge in [-0.25, -0.2) is 4.98 Å². The Labute approximate surface area is 164 Å². The zero-order valence-corrected chi connectivity index (χ0v) is 16.5. The molecule has 1 aliphatic rings. The second-order valence-electron chi connectivity index (χ2n) is 6.71. The Balaban J connectivity index is 1.54. The van der Waals surface area contributed by atoms with Gasteiger partial charge in [0.15, 0.2) is 0 Å². The number of pyridine rings is 1. The summed E-state index contributed by atoms with van der Waals surface area (Å²) in [5.74, 6) is -0.274. The Bertz CT molecular complexity index is 766. The van der Waals surface area contributed by atoms with Crippen LogP contribution >= 0.6 is 11.6 Å². The number of carbonyl (C=O) groups excluding carboxylic acids is 1. The lowest BCUT2D eigenvalue weighted by Crippen LogP contribution is -2.39. The number of morpholine rings is 1. The van der Waals surface area contributed by atoms with Crippen molar-refractivity contribution in [1.82, 2.24) is 9.88 Å². The average Bonchev–Trinajstić information content (AvgIpc) is 2.66. The van der Waals surface area contributed by atoms with Gasteiger partial charge in [-0.1, -0.05) is 17.7 Å². The highest BCUT2D eigenvalue weighted by molar-refractivity contribution is 6.34. The van der Waals surface area contributed by atoms with Crippen LogP contribution in [0.5, 0.6) is 0 Å². The molecule has 0 unspecified atom stereocenters. The number of carbonyl (C=O) groups is 1. The summed E-state index contributed by atoms with van der Waals surface area (Å²) in [6.07, 6.45) is 1.68. The quantitative estimate of drug-likeness (QED) is 0.794. The first-order valence-corrected chi connectivity index (χ1v) is 9.49. The van der Waals surface area contributed by atoms with Gasteiger partial charge in [-0.3, -0.25) is 9.69 Å². The molecule has 27 heavy (non-hydrogen) atoms. The van der Waals surface area contributed by atoms with Crippen LogP contribution in [0.2, 0.25) is 5.02 Å². The molecule has 1 aromatic carbocycles. The van der Waals surface area contributed by atoms with Gasteiger partial charge in [0.1, 0.15) is 5.69 Å². The van der Waals surface area contributed by atoms with Gasteiger partial charge >= 0.3 is 0 Å². The SMILES string of the molecule is Cc1cc(C)c(NC(=O)c2ccc(NCCN3CCOCC3)cn2)c(Cl)c1. The van der Waals surface area contributed by atoms with Crippen molar-refractivity contribution >= 4 is 28.9 Å². The summed E-state index contributed by atoms with van der Waals surface area (Å²) in [5.41, 5.74) is 3.85. The van der Waals surface area contributed by atoms with Gasteiger partial charge in [0.25, 0.3) is 5.91 Å². The Hall–Kier alpha value is -2.15. The van der Waals surface area contributed by atoms with E-state index in [4.69, 9.17) is 16.3 Å². The number of rotatable bonds is 6. The third-order valence-electron chi connectivity index (χ3n) is 4.53. The lowest BCUT2D eigenvalue weighted by atomic mass is 10.1. The highest BCUT2D eigenvalue weighted by Crippen LogP contribution is 2.27. The van der Waals surface area contributed by atoms with Crippen LogP contribution in [0.4, 0.5) is 11.4 Å². The molecule has 3 rings (SSSR count). The normalized spacial score (nSPS) is 14.8. The van der Waals surface area contributed by atoms with Crippen molar-refractivity contribution < 1.29 is 9.53 Å². The summed E-state index contributed by atoms with van der Waals surface area (Å²) < 4.78 is 5.34. The van der Waals surface area contributed by atoms with E-state index >= 15 is 0 Å². The molecular formula is C20H25ClN4O2. The number of ether oxygens (including phenoxy) is 1. The van der Waals surface area contributed by atoms with Gasteiger partial charge in [0, 0.05) is 26.2 Å². The second kappa shape index (κ2) is 9.17. The minimum absolute atomic E-state index is 0.274. The number of aromatic nitrogens is 1. The zero-order chi connectivity index (χ0) is 19.2. The molecule has 1 saturated heterocycles. The van der Waals surface area contributed by atoms with Crippen molar-refractivity contribution in [3.63, 3.8) is 0 Å². The fourth-order valence-electron chi connectivity index (χ4n) is 3.07. The molecule has 7 heteroatoms. The molecule has 0 radical (unpaired) electrons. The van der Waals surface area contributed by atoms with Gasteiger partial charge in [0.05, 0.1) is 35.8 Å². The predicted molar refractivity (Wildman–Crippen MR) is 109 cm³/mol. The number of hydrogen-bond donors (Lipinski definition) is 2. The Morgan fingerprint density at radius 3 is 2.70 bits per heavy atom. The minimum Gasteiger partial charge on any atom is -0.383 e. The van der Waals surface area contributed by atoms with Gasteiger partial charge in [0.2, 0.25) is 0 Å². The van der Waals surface area contributed by atoms with Gasteiger partial charge < -0.3 is 15.4 Å². The second-order valence-corrected chi connectivity index (χ2v) is 7.11. The van der Waals surface area contributed by atoms with Crippen molar-refractivity contribution in [3.05, 3.63) is 52.3 Å². The van der Waals surface area contributed by atoms with Crippen molar-refractivity contribution in [3.8, 4) is 0 Å². The van der Waals surface area contributed by atoms with Crippen LogP contribution < -0.4 is 10.6 Å². The van der Waals surface area contributed by atoms with E-state index in [1.54, 1.807) is 12.3 Å². The third kappa shape index (κ3) is 5.42. The number of amides is 1. The fraction of sp³-hybridized carbons (Fsp3) is 0.400. The third-order valence-corrected chi connectivity index (χ3v) is 4.83. The van der Waals surface area contributed by atoms with Crippen LogP contribution in [-0.2, 0) is 4.74 Å². The molecule has 0 bridgehead atoms. The number of nitrogens with one attached hydrogen (secondary N) is 2. The largest absolute Gasteiger partial charge is 0.383 e. The van der Waals surface area contributed by atoms with E-state index in [2.05, 4.69) is 20.5 Å². The van der Waals surface area contributed by atoms with E-state index in [0.717, 1.165) is 56.2 Å². The summed E-state index contributed by atoms with van der Waals surface area (Å²) in [4.78, 5) is 19.1. The molecule has 0 spiro atoms. The van der Waals surface area contributed by atoms with Crippen LogP contribution in [-0.4, -0.2) is 55.2 Å². The topological polar surface area (TPSA) is 66.5 Å². The maximum atomic E-state index is 12.5. The Morgan fingerprint density at radius 1 is 1.26 bits per heavy atom. The molecule has 144 valence electrons. The van der Waals surface area contributed by atoms with Gasteiger partial charge in [-0.2, -0.15) is 0 Å². The number of halogens is 1. The van der Waals surface area contributed by atoms with Gasteiger partial charge in [-0.05, 0) is 43.2 Å². The number of nitrogens with zero attached hydrogens (tertiary/aromatic N) is 2. The number of hydrogen-bond acceptors (Lipinski definition) is 5. The Morgan fingerprint density at radius 2 is 2.04 bits per heavy atom. The van der Waals surface area contributed by atoms with Crippen LogP contribution in [0, 0.1) is 13.8 Å². The lowest BCUT2D eigenvalue weighted by Gasteiger charge is -2.26. The van der Waals surface area contributed by atoms with Crippen molar-refractivity contribution in [2.24, 2.45) is 0 Å². The van der Waals surface area contributed by atoms with Gasteiger partial charge in [-0.15, -0.1) is 0 Å². The summed E-state index contributed by atoms with van der Waals surface area (Å²) in [6.45, 7) is 9.22. The molecule has 0 aliphatic carbocycles. The number of benzene rings is 1. The number of anilines is 2. The van der Waals surface area contributed by atoms with Crippen molar-refractivity contribution in [1.29, 1.82) is 0 Å². The molecule has 6 nitrogen and oxygen atoms in total. The van der Waals surface area contributed by atoms with Crippen LogP contribution in [0.3, 0.4) is 0 Å². The summed E-state index contributed by atoms with van der Waals surface area (Å²) in [7, 11) is 0. The first-order chi connectivity index (χ1) is 13.0. The van der Waals surface area contributed by atoms with Crippen molar-refractivity contribution in [2.75, 3.05) is 50.0 Å². The maximum Gasteiger partial charge on any atom is 0.274 e. The fourth-order valence-corrected chi connectivity index (χ4v) is 3.44. The monoisotopic (exact) mass is 388 g/mol. The highest BCUT2D eigenvalue weighted by Gasteiger charge is 2.13. The molecule has 0 saturated carbocycles. The lowest BCUT2D eigenvalue weighted by molar-refractivity contribution is 0.0398.